The Morgan fingerprint density at radius 2 is 1.63 bits per heavy atom. The van der Waals surface area contributed by atoms with Gasteiger partial charge in [0, 0.05) is 18.5 Å². The van der Waals surface area contributed by atoms with Gasteiger partial charge in [0.1, 0.15) is 11.0 Å². The first-order chi connectivity index (χ1) is 18.1. The molecule has 1 fully saturated rings. The highest BCUT2D eigenvalue weighted by molar-refractivity contribution is 9.10. The van der Waals surface area contributed by atoms with E-state index < -0.39 is 0 Å². The van der Waals surface area contributed by atoms with Crippen molar-refractivity contribution in [2.24, 2.45) is 23.2 Å². The first kappa shape index (κ1) is 28.1. The van der Waals surface area contributed by atoms with E-state index in [4.69, 9.17) is 0 Å². The predicted octanol–water partition coefficient (Wildman–Crippen LogP) is 6.07. The summed E-state index contributed by atoms with van der Waals surface area (Å²) in [6, 6.07) is 20.5. The first-order valence-corrected chi connectivity index (χ1v) is 14.3. The Hall–Kier alpha value is -2.93. The largest absolute Gasteiger partial charge is 0.380 e. The van der Waals surface area contributed by atoms with Crippen LogP contribution in [0.1, 0.15) is 58.1 Å². The molecule has 1 heterocycles. The number of aromatic nitrogens is 2. The highest BCUT2D eigenvalue weighted by Crippen LogP contribution is 2.48. The van der Waals surface area contributed by atoms with Crippen LogP contribution in [0.25, 0.3) is 0 Å². The van der Waals surface area contributed by atoms with E-state index in [0.29, 0.717) is 34.5 Å². The molecule has 0 radical (unpaired) electrons. The number of nitrogens with one attached hydrogen (secondary N) is 2. The normalized spacial score (nSPS) is 22.7. The maximum absolute atomic E-state index is 13.1. The van der Waals surface area contributed by atoms with E-state index in [1.54, 1.807) is 6.20 Å². The minimum Gasteiger partial charge on any atom is -0.380 e. The standard InChI is InChI=1S/C31H39BrN4O2/c1-20-16-26(21(2)22(3)31(20,4)5)35-27-18-34-36(30(38)29(27)32)19-28(37)33-17-25(23-12-8-6-9-13-23)24-14-10-7-11-15-24/h6-15,18,20-22,25-26,35H,16-17,19H2,1-5H3,(H,33,37)/t20-,21+,22+,26+/m0/s1. The minimum atomic E-state index is -0.322. The third-order valence-electron chi connectivity index (χ3n) is 9.00. The Kier molecular flexibility index (Phi) is 8.76. The Morgan fingerprint density at radius 3 is 2.21 bits per heavy atom. The summed E-state index contributed by atoms with van der Waals surface area (Å²) >= 11 is 3.48. The van der Waals surface area contributed by atoms with Gasteiger partial charge in [-0.25, -0.2) is 4.68 Å². The van der Waals surface area contributed by atoms with Gasteiger partial charge in [-0.15, -0.1) is 0 Å². The number of hydrogen-bond acceptors (Lipinski definition) is 4. The van der Waals surface area contributed by atoms with Crippen LogP contribution >= 0.6 is 15.9 Å². The number of rotatable bonds is 8. The predicted molar refractivity (Wildman–Crippen MR) is 157 cm³/mol. The number of anilines is 1. The first-order valence-electron chi connectivity index (χ1n) is 13.5. The monoisotopic (exact) mass is 578 g/mol. The molecule has 0 unspecified atom stereocenters. The number of nitrogens with zero attached hydrogens (tertiary/aromatic N) is 2. The van der Waals surface area contributed by atoms with Crippen molar-refractivity contribution < 1.29 is 4.79 Å². The summed E-state index contributed by atoms with van der Waals surface area (Å²) in [6.07, 6.45) is 2.68. The van der Waals surface area contributed by atoms with Crippen LogP contribution in [0.2, 0.25) is 0 Å². The molecule has 0 spiro atoms. The van der Waals surface area contributed by atoms with Gasteiger partial charge in [0.2, 0.25) is 5.91 Å². The second kappa shape index (κ2) is 11.9. The van der Waals surface area contributed by atoms with Crippen LogP contribution in [0.3, 0.4) is 0 Å². The fourth-order valence-electron chi connectivity index (χ4n) is 5.65. The molecule has 1 aliphatic carbocycles. The Balaban J connectivity index is 1.43. The summed E-state index contributed by atoms with van der Waals surface area (Å²) in [7, 11) is 0. The molecule has 2 aromatic carbocycles. The van der Waals surface area contributed by atoms with Gasteiger partial charge in [-0.2, -0.15) is 5.10 Å². The molecule has 6 nitrogen and oxygen atoms in total. The summed E-state index contributed by atoms with van der Waals surface area (Å²) in [5, 5.41) is 10.9. The van der Waals surface area contributed by atoms with Gasteiger partial charge in [0.15, 0.2) is 0 Å². The fourth-order valence-corrected chi connectivity index (χ4v) is 6.07. The molecule has 4 atom stereocenters. The van der Waals surface area contributed by atoms with Crippen molar-refractivity contribution in [3.05, 3.63) is 92.8 Å². The second-order valence-corrected chi connectivity index (χ2v) is 12.2. The van der Waals surface area contributed by atoms with Crippen molar-refractivity contribution in [2.45, 2.75) is 59.5 Å². The molecular formula is C31H39BrN4O2. The van der Waals surface area contributed by atoms with E-state index >= 15 is 0 Å². The SMILES string of the molecule is C[C@@H]1[C@@H](C)C(C)(C)[C@@H](C)C[C@H]1Nc1cnn(CC(=O)NCC(c2ccccc2)c2ccccc2)c(=O)c1Br. The van der Waals surface area contributed by atoms with Gasteiger partial charge in [0.25, 0.3) is 5.56 Å². The molecule has 0 aliphatic heterocycles. The van der Waals surface area contributed by atoms with Crippen molar-refractivity contribution in [1.29, 1.82) is 0 Å². The Morgan fingerprint density at radius 1 is 1.05 bits per heavy atom. The lowest BCUT2D eigenvalue weighted by molar-refractivity contribution is -0.121. The average Bonchev–Trinajstić information content (AvgIpc) is 2.92. The molecule has 0 bridgehead atoms. The van der Waals surface area contributed by atoms with Crippen LogP contribution in [0, 0.1) is 23.2 Å². The molecule has 1 saturated carbocycles. The third-order valence-corrected chi connectivity index (χ3v) is 9.77. The van der Waals surface area contributed by atoms with E-state index in [1.807, 2.05) is 36.4 Å². The van der Waals surface area contributed by atoms with Crippen LogP contribution in [0.5, 0.6) is 0 Å². The van der Waals surface area contributed by atoms with E-state index in [-0.39, 0.29) is 35.4 Å². The topological polar surface area (TPSA) is 76.0 Å². The van der Waals surface area contributed by atoms with Crippen molar-refractivity contribution in [2.75, 3.05) is 11.9 Å². The summed E-state index contributed by atoms with van der Waals surface area (Å²) in [5.74, 6) is 1.29. The number of halogens is 1. The van der Waals surface area contributed by atoms with Crippen LogP contribution in [-0.2, 0) is 11.3 Å². The number of benzene rings is 2. The zero-order valence-electron chi connectivity index (χ0n) is 22.9. The van der Waals surface area contributed by atoms with Crippen LogP contribution < -0.4 is 16.2 Å². The van der Waals surface area contributed by atoms with E-state index in [1.165, 1.54) is 4.68 Å². The van der Waals surface area contributed by atoms with Gasteiger partial charge < -0.3 is 10.6 Å². The molecule has 38 heavy (non-hydrogen) atoms. The lowest BCUT2D eigenvalue weighted by Gasteiger charge is -2.50. The smallest absolute Gasteiger partial charge is 0.283 e. The Bertz CT molecular complexity index is 1250. The minimum absolute atomic E-state index is 0.0107. The molecule has 202 valence electrons. The van der Waals surface area contributed by atoms with Crippen molar-refractivity contribution >= 4 is 27.5 Å². The average molecular weight is 580 g/mol. The van der Waals surface area contributed by atoms with E-state index in [2.05, 4.69) is 90.5 Å². The van der Waals surface area contributed by atoms with Gasteiger partial charge in [-0.05, 0) is 56.6 Å². The molecule has 4 rings (SSSR count). The second-order valence-electron chi connectivity index (χ2n) is 11.4. The van der Waals surface area contributed by atoms with Gasteiger partial charge >= 0.3 is 0 Å². The lowest BCUT2D eigenvalue weighted by Crippen LogP contribution is -2.48. The summed E-state index contributed by atoms with van der Waals surface area (Å²) in [6.45, 7) is 11.9. The number of carbonyl (C=O) groups is 1. The summed E-state index contributed by atoms with van der Waals surface area (Å²) in [4.78, 5) is 26.0. The van der Waals surface area contributed by atoms with E-state index in [9.17, 15) is 9.59 Å². The van der Waals surface area contributed by atoms with E-state index in [0.717, 1.165) is 17.5 Å². The van der Waals surface area contributed by atoms with Gasteiger partial charge in [0.05, 0.1) is 11.9 Å². The van der Waals surface area contributed by atoms with Gasteiger partial charge in [-0.1, -0.05) is 95.3 Å². The van der Waals surface area contributed by atoms with Crippen molar-refractivity contribution in [1.82, 2.24) is 15.1 Å². The quantitative estimate of drug-likeness (QED) is 0.340. The highest BCUT2D eigenvalue weighted by Gasteiger charge is 2.43. The molecule has 2 N–H and O–H groups in total. The Labute approximate surface area is 234 Å². The molecule has 7 heteroatoms. The molecule has 3 aromatic rings. The van der Waals surface area contributed by atoms with Crippen LogP contribution in [0.4, 0.5) is 5.69 Å². The summed E-state index contributed by atoms with van der Waals surface area (Å²) < 4.78 is 1.62. The number of amides is 1. The zero-order valence-corrected chi connectivity index (χ0v) is 24.5. The molecule has 0 saturated heterocycles. The third kappa shape index (κ3) is 6.04. The molecule has 1 aromatic heterocycles. The highest BCUT2D eigenvalue weighted by atomic mass is 79.9. The molecular weight excluding hydrogens is 540 g/mol. The van der Waals surface area contributed by atoms with Crippen LogP contribution in [0.15, 0.2) is 76.1 Å². The number of carbonyl (C=O) groups excluding carboxylic acids is 1. The zero-order chi connectivity index (χ0) is 27.4. The molecule has 1 amide bonds. The maximum Gasteiger partial charge on any atom is 0.283 e. The lowest BCUT2D eigenvalue weighted by atomic mass is 9.58. The number of hydrogen-bond donors (Lipinski definition) is 2. The van der Waals surface area contributed by atoms with Crippen molar-refractivity contribution in [3.63, 3.8) is 0 Å². The van der Waals surface area contributed by atoms with Gasteiger partial charge in [-0.3, -0.25) is 9.59 Å². The van der Waals surface area contributed by atoms with Crippen LogP contribution in [-0.4, -0.2) is 28.3 Å². The maximum atomic E-state index is 13.1. The van der Waals surface area contributed by atoms with Crippen molar-refractivity contribution in [3.8, 4) is 0 Å². The fraction of sp³-hybridized carbons (Fsp3) is 0.452. The summed E-state index contributed by atoms with van der Waals surface area (Å²) in [5.41, 5.74) is 2.87. The molecule has 1 aliphatic rings.